The van der Waals surface area contributed by atoms with Gasteiger partial charge < -0.3 is 4.90 Å². The maximum Gasteiger partial charge on any atom is 0.0540 e. The number of hydrogen-bond donors (Lipinski definition) is 0. The molecule has 0 heterocycles. The Labute approximate surface area is 295 Å². The molecule has 242 valence electrons. The highest BCUT2D eigenvalue weighted by Crippen LogP contribution is 2.58. The summed E-state index contributed by atoms with van der Waals surface area (Å²) in [4.78, 5) is 2.56. The summed E-state index contributed by atoms with van der Waals surface area (Å²) >= 11 is 0. The van der Waals surface area contributed by atoms with Gasteiger partial charge in [-0.1, -0.05) is 161 Å². The van der Waals surface area contributed by atoms with Gasteiger partial charge in [0.1, 0.15) is 0 Å². The lowest BCUT2D eigenvalue weighted by Crippen LogP contribution is -2.28. The van der Waals surface area contributed by atoms with Crippen LogP contribution in [0.1, 0.15) is 68.2 Å². The Morgan fingerprint density at radius 2 is 1.00 bits per heavy atom. The van der Waals surface area contributed by atoms with Gasteiger partial charge in [-0.05, 0) is 92.6 Å². The number of nitrogens with zero attached hydrogens (tertiary/aromatic N) is 1. The first-order valence-electron chi connectivity index (χ1n) is 18.4. The van der Waals surface area contributed by atoms with Crippen molar-refractivity contribution in [2.75, 3.05) is 4.90 Å². The zero-order valence-corrected chi connectivity index (χ0v) is 28.9. The number of rotatable bonds is 4. The second kappa shape index (κ2) is 11.1. The first kappa shape index (κ1) is 29.5. The van der Waals surface area contributed by atoms with Gasteiger partial charge >= 0.3 is 0 Å². The predicted octanol–water partition coefficient (Wildman–Crippen LogP) is 13.5. The molecule has 1 spiro atoms. The summed E-state index contributed by atoms with van der Waals surface area (Å²) in [5, 5.41) is 2.51. The Morgan fingerprint density at radius 3 is 1.82 bits per heavy atom. The van der Waals surface area contributed by atoms with Crippen molar-refractivity contribution in [2.45, 2.75) is 56.8 Å². The van der Waals surface area contributed by atoms with E-state index in [1.54, 1.807) is 0 Å². The zero-order valence-electron chi connectivity index (χ0n) is 28.9. The van der Waals surface area contributed by atoms with Gasteiger partial charge in [0.15, 0.2) is 0 Å². The molecule has 50 heavy (non-hydrogen) atoms. The van der Waals surface area contributed by atoms with E-state index in [9.17, 15) is 0 Å². The highest BCUT2D eigenvalue weighted by Gasteiger charge is 2.44. The van der Waals surface area contributed by atoms with E-state index in [1.165, 1.54) is 116 Å². The monoisotopic (exact) mass is 643 g/mol. The topological polar surface area (TPSA) is 3.24 Å². The third-order valence-corrected chi connectivity index (χ3v) is 12.2. The van der Waals surface area contributed by atoms with Gasteiger partial charge in [-0.2, -0.15) is 0 Å². The fraction of sp³-hybridized carbons (Fsp3) is 0.184. The van der Waals surface area contributed by atoms with E-state index in [0.717, 1.165) is 0 Å². The van der Waals surface area contributed by atoms with Crippen molar-refractivity contribution < 1.29 is 0 Å². The van der Waals surface area contributed by atoms with E-state index >= 15 is 0 Å². The van der Waals surface area contributed by atoms with Crippen LogP contribution in [-0.4, -0.2) is 0 Å². The molecule has 3 aliphatic rings. The minimum Gasteiger partial charge on any atom is -0.309 e. The smallest absolute Gasteiger partial charge is 0.0540 e. The van der Waals surface area contributed by atoms with Crippen molar-refractivity contribution in [1.82, 2.24) is 0 Å². The van der Waals surface area contributed by atoms with Crippen molar-refractivity contribution in [3.8, 4) is 33.4 Å². The summed E-state index contributed by atoms with van der Waals surface area (Å²) < 4.78 is 0. The maximum absolute atomic E-state index is 2.56. The molecule has 0 aromatic heterocycles. The molecule has 0 atom stereocenters. The van der Waals surface area contributed by atoms with E-state index in [1.807, 2.05) is 0 Å². The van der Waals surface area contributed by atoms with Crippen LogP contribution in [0, 0.1) is 0 Å². The number of anilines is 3. The molecule has 0 saturated heterocycles. The summed E-state index contributed by atoms with van der Waals surface area (Å²) in [7, 11) is 0. The SMILES string of the molecule is CC1(C)c2ccccc2-c2cccc(-c3ccccc3N(c3ccc4c(c3)C3(CCCCC3)c3ccccc3-4)c3cccc4ccccc34)c21. The molecule has 0 amide bonds. The second-order valence-corrected chi connectivity index (χ2v) is 15.2. The fourth-order valence-electron chi connectivity index (χ4n) is 10.1. The molecule has 1 nitrogen and oxygen atoms in total. The Hall–Kier alpha value is -5.40. The van der Waals surface area contributed by atoms with Gasteiger partial charge in [0, 0.05) is 27.5 Å². The van der Waals surface area contributed by atoms with Crippen molar-refractivity contribution >= 4 is 27.8 Å². The maximum atomic E-state index is 2.56. The molecule has 7 aromatic carbocycles. The van der Waals surface area contributed by atoms with Gasteiger partial charge in [0.2, 0.25) is 0 Å². The molecular formula is C49H41N. The van der Waals surface area contributed by atoms with Crippen LogP contribution in [-0.2, 0) is 10.8 Å². The number of benzene rings is 7. The lowest BCUT2D eigenvalue weighted by atomic mass is 9.68. The molecule has 7 aromatic rings. The molecule has 1 fully saturated rings. The zero-order chi connectivity index (χ0) is 33.5. The fourth-order valence-corrected chi connectivity index (χ4v) is 10.1. The quantitative estimate of drug-likeness (QED) is 0.184. The van der Waals surface area contributed by atoms with E-state index in [-0.39, 0.29) is 10.8 Å². The van der Waals surface area contributed by atoms with Crippen LogP contribution in [0.4, 0.5) is 17.1 Å². The summed E-state index contributed by atoms with van der Waals surface area (Å²) in [6.07, 6.45) is 6.33. The van der Waals surface area contributed by atoms with E-state index in [2.05, 4.69) is 170 Å². The first-order chi connectivity index (χ1) is 24.6. The third kappa shape index (κ3) is 4.13. The summed E-state index contributed by atoms with van der Waals surface area (Å²) in [5.74, 6) is 0. The van der Waals surface area contributed by atoms with Crippen molar-refractivity contribution in [3.63, 3.8) is 0 Å². The molecule has 3 aliphatic carbocycles. The molecule has 10 rings (SSSR count). The average molecular weight is 644 g/mol. The molecule has 0 bridgehead atoms. The minimum absolute atomic E-state index is 0.0835. The summed E-state index contributed by atoms with van der Waals surface area (Å²) in [6, 6.07) is 57.2. The summed E-state index contributed by atoms with van der Waals surface area (Å²) in [6.45, 7) is 4.79. The first-order valence-corrected chi connectivity index (χ1v) is 18.4. The standard InChI is InChI=1S/C49H41N/c1-48(2)42-24-9-6-20-37(42)40-22-15-23-41(47(40)48)39-21-8-11-26-46(39)50(45-27-14-17-33-16-4-5-18-35(33)45)34-28-29-38-36-19-7-10-25-43(36)49(44(38)32-34)30-12-3-13-31-49/h4-11,14-29,32H,3,12-13,30-31H2,1-2H3. The molecule has 0 unspecified atom stereocenters. The number of para-hydroxylation sites is 1. The molecule has 1 saturated carbocycles. The Morgan fingerprint density at radius 1 is 0.440 bits per heavy atom. The molecule has 0 aliphatic heterocycles. The van der Waals surface area contributed by atoms with Gasteiger partial charge in [-0.15, -0.1) is 0 Å². The van der Waals surface area contributed by atoms with Gasteiger partial charge in [0.25, 0.3) is 0 Å². The highest BCUT2D eigenvalue weighted by molar-refractivity contribution is 6.02. The van der Waals surface area contributed by atoms with Gasteiger partial charge in [-0.25, -0.2) is 0 Å². The van der Waals surface area contributed by atoms with E-state index in [0.29, 0.717) is 0 Å². The van der Waals surface area contributed by atoms with Gasteiger partial charge in [-0.3, -0.25) is 0 Å². The van der Waals surface area contributed by atoms with Crippen LogP contribution < -0.4 is 4.90 Å². The Bertz CT molecular complexity index is 2450. The number of fused-ring (bicyclic) bond motifs is 9. The van der Waals surface area contributed by atoms with Crippen molar-refractivity contribution in [2.24, 2.45) is 0 Å². The van der Waals surface area contributed by atoms with Crippen LogP contribution in [0.2, 0.25) is 0 Å². The molecular weight excluding hydrogens is 603 g/mol. The second-order valence-electron chi connectivity index (χ2n) is 15.2. The lowest BCUT2D eigenvalue weighted by Gasteiger charge is -2.37. The van der Waals surface area contributed by atoms with Crippen LogP contribution in [0.3, 0.4) is 0 Å². The van der Waals surface area contributed by atoms with E-state index in [4.69, 9.17) is 0 Å². The van der Waals surface area contributed by atoms with Crippen molar-refractivity contribution in [3.05, 3.63) is 174 Å². The molecule has 1 heteroatoms. The average Bonchev–Trinajstić information content (AvgIpc) is 3.57. The lowest BCUT2D eigenvalue weighted by molar-refractivity contribution is 0.353. The van der Waals surface area contributed by atoms with Crippen LogP contribution in [0.5, 0.6) is 0 Å². The van der Waals surface area contributed by atoms with Crippen LogP contribution in [0.25, 0.3) is 44.2 Å². The normalized spacial score (nSPS) is 16.1. The van der Waals surface area contributed by atoms with E-state index < -0.39 is 0 Å². The van der Waals surface area contributed by atoms with Crippen molar-refractivity contribution in [1.29, 1.82) is 0 Å². The predicted molar refractivity (Wildman–Crippen MR) is 211 cm³/mol. The Balaban J connectivity index is 1.24. The molecule has 0 N–H and O–H groups in total. The number of hydrogen-bond acceptors (Lipinski definition) is 1. The minimum atomic E-state index is -0.118. The van der Waals surface area contributed by atoms with Crippen LogP contribution in [0.15, 0.2) is 152 Å². The largest absolute Gasteiger partial charge is 0.309 e. The third-order valence-electron chi connectivity index (χ3n) is 12.2. The highest BCUT2D eigenvalue weighted by atomic mass is 15.1. The van der Waals surface area contributed by atoms with Gasteiger partial charge in [0.05, 0.1) is 11.4 Å². The Kier molecular flexibility index (Phi) is 6.52. The summed E-state index contributed by atoms with van der Waals surface area (Å²) in [5.41, 5.74) is 17.6. The van der Waals surface area contributed by atoms with Crippen LogP contribution >= 0.6 is 0 Å². The molecule has 0 radical (unpaired) electrons.